The maximum absolute atomic E-state index is 11.7. The van der Waals surface area contributed by atoms with Crippen LogP contribution in [0.2, 0.25) is 0 Å². The second-order valence-electron chi connectivity index (χ2n) is 6.47. The predicted octanol–water partition coefficient (Wildman–Crippen LogP) is 2.24. The van der Waals surface area contributed by atoms with Crippen LogP contribution in [0.5, 0.6) is 0 Å². The molecule has 0 aliphatic carbocycles. The number of furan rings is 1. The maximum Gasteiger partial charge on any atom is 0.211 e. The van der Waals surface area contributed by atoms with Crippen LogP contribution in [0.25, 0.3) is 22.1 Å². The summed E-state index contributed by atoms with van der Waals surface area (Å²) < 4.78 is 30.9. The summed E-state index contributed by atoms with van der Waals surface area (Å²) in [6, 6.07) is 7.84. The maximum atomic E-state index is 11.7. The van der Waals surface area contributed by atoms with Gasteiger partial charge in [-0.05, 0) is 25.0 Å². The van der Waals surface area contributed by atoms with Crippen LogP contribution in [0.15, 0.2) is 35.0 Å². The van der Waals surface area contributed by atoms with E-state index in [1.165, 1.54) is 10.6 Å². The van der Waals surface area contributed by atoms with Gasteiger partial charge in [0.15, 0.2) is 11.4 Å². The minimum absolute atomic E-state index is 0.0271. The van der Waals surface area contributed by atoms with Gasteiger partial charge in [0, 0.05) is 31.6 Å². The molecular formula is C17H20N4O3S. The molecule has 3 heterocycles. The lowest BCUT2D eigenvalue weighted by atomic mass is 10.1. The van der Waals surface area contributed by atoms with E-state index in [1.807, 2.05) is 24.3 Å². The van der Waals surface area contributed by atoms with E-state index in [0.29, 0.717) is 5.58 Å². The van der Waals surface area contributed by atoms with Gasteiger partial charge in [-0.3, -0.25) is 0 Å². The summed E-state index contributed by atoms with van der Waals surface area (Å²) in [5, 5.41) is 0.979. The number of piperidine rings is 1. The molecule has 25 heavy (non-hydrogen) atoms. The highest BCUT2D eigenvalue weighted by molar-refractivity contribution is 7.88. The molecule has 1 fully saturated rings. The molecule has 0 unspecified atom stereocenters. The normalized spacial score (nSPS) is 17.0. The molecule has 0 saturated carbocycles. The van der Waals surface area contributed by atoms with Gasteiger partial charge in [0.2, 0.25) is 10.0 Å². The first-order valence-corrected chi connectivity index (χ1v) is 10.1. The molecule has 2 aromatic heterocycles. The standard InChI is InChI=1S/C17H20N4O3S/c1-20(25(2,22)23)12-7-9-21(10-8-12)17-16-15(18-11-19-17)13-5-3-4-6-14(13)24-16/h3-6,11-12H,7-10H2,1-2H3. The second kappa shape index (κ2) is 5.96. The molecule has 132 valence electrons. The molecule has 0 amide bonds. The van der Waals surface area contributed by atoms with Crippen molar-refractivity contribution < 1.29 is 12.8 Å². The lowest BCUT2D eigenvalue weighted by molar-refractivity contribution is 0.313. The Labute approximate surface area is 146 Å². The fraction of sp³-hybridized carbons (Fsp3) is 0.412. The predicted molar refractivity (Wildman–Crippen MR) is 97.2 cm³/mol. The van der Waals surface area contributed by atoms with Gasteiger partial charge in [0.05, 0.1) is 6.26 Å². The highest BCUT2D eigenvalue weighted by Gasteiger charge is 2.29. The van der Waals surface area contributed by atoms with E-state index >= 15 is 0 Å². The van der Waals surface area contributed by atoms with Crippen molar-refractivity contribution in [2.45, 2.75) is 18.9 Å². The Morgan fingerprint density at radius 2 is 1.92 bits per heavy atom. The number of hydrogen-bond donors (Lipinski definition) is 0. The Hall–Kier alpha value is -2.19. The molecule has 1 aliphatic rings. The molecule has 4 rings (SSSR count). The molecule has 8 heteroatoms. The van der Waals surface area contributed by atoms with Crippen LogP contribution in [0, 0.1) is 0 Å². The van der Waals surface area contributed by atoms with Crippen molar-refractivity contribution in [2.75, 3.05) is 31.3 Å². The third-order valence-corrected chi connectivity index (χ3v) is 6.28. The van der Waals surface area contributed by atoms with Gasteiger partial charge < -0.3 is 9.32 Å². The number of aromatic nitrogens is 2. The third kappa shape index (κ3) is 2.85. The van der Waals surface area contributed by atoms with E-state index in [2.05, 4.69) is 14.9 Å². The largest absolute Gasteiger partial charge is 0.450 e. The Morgan fingerprint density at radius 3 is 2.64 bits per heavy atom. The average Bonchev–Trinajstić information content (AvgIpc) is 2.99. The van der Waals surface area contributed by atoms with Crippen LogP contribution in [-0.2, 0) is 10.0 Å². The number of anilines is 1. The van der Waals surface area contributed by atoms with Gasteiger partial charge in [-0.1, -0.05) is 12.1 Å². The topological polar surface area (TPSA) is 79.5 Å². The van der Waals surface area contributed by atoms with Crippen LogP contribution in [0.1, 0.15) is 12.8 Å². The Bertz CT molecular complexity index is 1020. The second-order valence-corrected chi connectivity index (χ2v) is 8.51. The molecular weight excluding hydrogens is 340 g/mol. The van der Waals surface area contributed by atoms with Crippen molar-refractivity contribution in [2.24, 2.45) is 0 Å². The summed E-state index contributed by atoms with van der Waals surface area (Å²) >= 11 is 0. The molecule has 0 bridgehead atoms. The molecule has 0 atom stereocenters. The zero-order chi connectivity index (χ0) is 17.6. The number of fused-ring (bicyclic) bond motifs is 3. The van der Waals surface area contributed by atoms with E-state index in [0.717, 1.165) is 48.2 Å². The summed E-state index contributed by atoms with van der Waals surface area (Å²) in [7, 11) is -1.52. The van der Waals surface area contributed by atoms with Crippen LogP contribution in [0.3, 0.4) is 0 Å². The number of nitrogens with zero attached hydrogens (tertiary/aromatic N) is 4. The Kier molecular flexibility index (Phi) is 3.88. The van der Waals surface area contributed by atoms with Gasteiger partial charge in [-0.15, -0.1) is 0 Å². The van der Waals surface area contributed by atoms with Crippen LogP contribution >= 0.6 is 0 Å². The van der Waals surface area contributed by atoms with E-state index < -0.39 is 10.0 Å². The van der Waals surface area contributed by atoms with Gasteiger partial charge in [-0.2, -0.15) is 0 Å². The Morgan fingerprint density at radius 1 is 1.20 bits per heavy atom. The van der Waals surface area contributed by atoms with Crippen molar-refractivity contribution in [3.05, 3.63) is 30.6 Å². The van der Waals surface area contributed by atoms with Crippen molar-refractivity contribution in [3.63, 3.8) is 0 Å². The number of hydrogen-bond acceptors (Lipinski definition) is 6. The minimum atomic E-state index is -3.17. The van der Waals surface area contributed by atoms with Crippen molar-refractivity contribution in [1.82, 2.24) is 14.3 Å². The molecule has 7 nitrogen and oxygen atoms in total. The fourth-order valence-electron chi connectivity index (χ4n) is 3.45. The zero-order valence-corrected chi connectivity index (χ0v) is 15.0. The molecule has 1 aromatic carbocycles. The molecule has 1 saturated heterocycles. The number of rotatable bonds is 3. The Balaban J connectivity index is 1.63. The van der Waals surface area contributed by atoms with Crippen molar-refractivity contribution in [3.8, 4) is 0 Å². The molecule has 0 N–H and O–H groups in total. The van der Waals surface area contributed by atoms with Gasteiger partial charge in [-0.25, -0.2) is 22.7 Å². The van der Waals surface area contributed by atoms with E-state index in [-0.39, 0.29) is 6.04 Å². The van der Waals surface area contributed by atoms with E-state index in [1.54, 1.807) is 13.4 Å². The highest BCUT2D eigenvalue weighted by Crippen LogP contribution is 2.33. The zero-order valence-electron chi connectivity index (χ0n) is 14.2. The first kappa shape index (κ1) is 16.3. The molecule has 3 aromatic rings. The number of para-hydroxylation sites is 1. The van der Waals surface area contributed by atoms with E-state index in [9.17, 15) is 8.42 Å². The van der Waals surface area contributed by atoms with Crippen molar-refractivity contribution in [1.29, 1.82) is 0 Å². The highest BCUT2D eigenvalue weighted by atomic mass is 32.2. The van der Waals surface area contributed by atoms with Crippen molar-refractivity contribution >= 4 is 37.9 Å². The number of sulfonamides is 1. The van der Waals surface area contributed by atoms with E-state index in [4.69, 9.17) is 4.42 Å². The van der Waals surface area contributed by atoms with Crippen LogP contribution < -0.4 is 4.90 Å². The summed E-state index contributed by atoms with van der Waals surface area (Å²) in [5.74, 6) is 0.779. The molecule has 0 spiro atoms. The monoisotopic (exact) mass is 360 g/mol. The van der Waals surface area contributed by atoms with Gasteiger partial charge >= 0.3 is 0 Å². The SMILES string of the molecule is CN(C1CCN(c2ncnc3c2oc2ccccc23)CC1)S(C)(=O)=O. The lowest BCUT2D eigenvalue weighted by Crippen LogP contribution is -2.45. The minimum Gasteiger partial charge on any atom is -0.450 e. The summed E-state index contributed by atoms with van der Waals surface area (Å²) in [6.45, 7) is 1.46. The summed E-state index contributed by atoms with van der Waals surface area (Å²) in [4.78, 5) is 11.0. The summed E-state index contributed by atoms with van der Waals surface area (Å²) in [5.41, 5.74) is 2.31. The molecule has 1 aliphatic heterocycles. The third-order valence-electron chi connectivity index (χ3n) is 4.94. The van der Waals surface area contributed by atoms with Gasteiger partial charge in [0.1, 0.15) is 17.4 Å². The fourth-order valence-corrected chi connectivity index (χ4v) is 4.20. The smallest absolute Gasteiger partial charge is 0.211 e. The quantitative estimate of drug-likeness (QED) is 0.713. The summed E-state index contributed by atoms with van der Waals surface area (Å²) in [6.07, 6.45) is 4.33. The average molecular weight is 360 g/mol. The lowest BCUT2D eigenvalue weighted by Gasteiger charge is -2.36. The number of benzene rings is 1. The first-order chi connectivity index (χ1) is 11.9. The van der Waals surface area contributed by atoms with Crippen LogP contribution in [0.4, 0.5) is 5.82 Å². The van der Waals surface area contributed by atoms with Gasteiger partial charge in [0.25, 0.3) is 0 Å². The van der Waals surface area contributed by atoms with Crippen LogP contribution in [-0.4, -0.2) is 55.1 Å². The first-order valence-electron chi connectivity index (χ1n) is 8.25. The molecule has 0 radical (unpaired) electrons.